The van der Waals surface area contributed by atoms with Gasteiger partial charge >= 0.3 is 6.18 Å². The van der Waals surface area contributed by atoms with Gasteiger partial charge in [-0.3, -0.25) is 4.79 Å². The monoisotopic (exact) mass is 304 g/mol. The van der Waals surface area contributed by atoms with E-state index < -0.39 is 12.8 Å². The number of hydrogen-bond donors (Lipinski definition) is 2. The molecule has 3 N–H and O–H groups in total. The summed E-state index contributed by atoms with van der Waals surface area (Å²) in [5.41, 5.74) is 6.27. The van der Waals surface area contributed by atoms with Crippen LogP contribution in [0.3, 0.4) is 0 Å². The Bertz CT molecular complexity index is 458. The van der Waals surface area contributed by atoms with E-state index in [-0.39, 0.29) is 30.0 Å². The molecule has 1 unspecified atom stereocenters. The lowest BCUT2D eigenvalue weighted by molar-refractivity contribution is -0.153. The van der Waals surface area contributed by atoms with Crippen LogP contribution >= 0.6 is 0 Å². The van der Waals surface area contributed by atoms with Gasteiger partial charge in [0.25, 0.3) is 0 Å². The standard InChI is InChI=1S/C14H19F3N2O2/c1-9(2)12(18)7-13(20)19-10-3-5-11(6-4-10)21-8-14(15,16)17/h3-6,9,12H,7-8,18H2,1-2H3,(H,19,20). The Labute approximate surface area is 121 Å². The zero-order valence-electron chi connectivity index (χ0n) is 11.9. The summed E-state index contributed by atoms with van der Waals surface area (Å²) in [6.45, 7) is 2.50. The van der Waals surface area contributed by atoms with Crippen molar-refractivity contribution >= 4 is 11.6 Å². The van der Waals surface area contributed by atoms with Crippen LogP contribution in [0, 0.1) is 5.92 Å². The predicted octanol–water partition coefficient (Wildman–Crippen LogP) is 2.94. The molecule has 118 valence electrons. The Morgan fingerprint density at radius 1 is 1.29 bits per heavy atom. The van der Waals surface area contributed by atoms with E-state index >= 15 is 0 Å². The molecule has 0 radical (unpaired) electrons. The van der Waals surface area contributed by atoms with Gasteiger partial charge < -0.3 is 15.8 Å². The van der Waals surface area contributed by atoms with E-state index in [0.717, 1.165) is 0 Å². The number of rotatable bonds is 6. The van der Waals surface area contributed by atoms with Crippen LogP contribution in [-0.4, -0.2) is 24.7 Å². The van der Waals surface area contributed by atoms with Crippen LogP contribution in [0.5, 0.6) is 5.75 Å². The molecule has 0 spiro atoms. The summed E-state index contributed by atoms with van der Waals surface area (Å²) >= 11 is 0. The van der Waals surface area contributed by atoms with Gasteiger partial charge in [0.2, 0.25) is 5.91 Å². The summed E-state index contributed by atoms with van der Waals surface area (Å²) in [4.78, 5) is 11.7. The lowest BCUT2D eigenvalue weighted by Crippen LogP contribution is -2.31. The summed E-state index contributed by atoms with van der Waals surface area (Å²) in [6, 6.07) is 5.45. The van der Waals surface area contributed by atoms with Crippen LogP contribution < -0.4 is 15.8 Å². The minimum Gasteiger partial charge on any atom is -0.484 e. The minimum absolute atomic E-state index is 0.0872. The third kappa shape index (κ3) is 6.99. The van der Waals surface area contributed by atoms with Gasteiger partial charge in [-0.15, -0.1) is 0 Å². The summed E-state index contributed by atoms with van der Waals surface area (Å²) in [5, 5.41) is 2.63. The van der Waals surface area contributed by atoms with Crippen molar-refractivity contribution in [3.8, 4) is 5.75 Å². The summed E-state index contributed by atoms with van der Waals surface area (Å²) in [6.07, 6.45) is -4.19. The van der Waals surface area contributed by atoms with Crippen LogP contribution in [0.25, 0.3) is 0 Å². The molecule has 0 aromatic heterocycles. The number of benzene rings is 1. The van der Waals surface area contributed by atoms with E-state index in [1.807, 2.05) is 13.8 Å². The second kappa shape index (κ2) is 7.31. The average molecular weight is 304 g/mol. The van der Waals surface area contributed by atoms with Crippen LogP contribution in [0.2, 0.25) is 0 Å². The van der Waals surface area contributed by atoms with E-state index in [4.69, 9.17) is 5.73 Å². The van der Waals surface area contributed by atoms with Crippen molar-refractivity contribution < 1.29 is 22.7 Å². The Morgan fingerprint density at radius 3 is 2.33 bits per heavy atom. The van der Waals surface area contributed by atoms with Gasteiger partial charge in [0, 0.05) is 18.2 Å². The molecule has 4 nitrogen and oxygen atoms in total. The number of ether oxygens (including phenoxy) is 1. The maximum atomic E-state index is 12.0. The average Bonchev–Trinajstić information content (AvgIpc) is 2.36. The van der Waals surface area contributed by atoms with Crippen molar-refractivity contribution in [1.29, 1.82) is 0 Å². The first-order chi connectivity index (χ1) is 9.67. The van der Waals surface area contributed by atoms with Gasteiger partial charge in [0.15, 0.2) is 6.61 Å². The van der Waals surface area contributed by atoms with Crippen LogP contribution in [0.1, 0.15) is 20.3 Å². The molecular formula is C14H19F3N2O2. The number of carbonyl (C=O) groups excluding carboxylic acids is 1. The molecular weight excluding hydrogens is 285 g/mol. The SMILES string of the molecule is CC(C)C(N)CC(=O)Nc1ccc(OCC(F)(F)F)cc1. The molecule has 0 aliphatic heterocycles. The highest BCUT2D eigenvalue weighted by atomic mass is 19.4. The van der Waals surface area contributed by atoms with Crippen molar-refractivity contribution in [2.45, 2.75) is 32.5 Å². The van der Waals surface area contributed by atoms with Gasteiger partial charge in [0.1, 0.15) is 5.75 Å². The van der Waals surface area contributed by atoms with E-state index in [1.165, 1.54) is 24.3 Å². The number of alkyl halides is 3. The van der Waals surface area contributed by atoms with E-state index in [0.29, 0.717) is 5.69 Å². The third-order valence-electron chi connectivity index (χ3n) is 2.82. The fourth-order valence-corrected chi connectivity index (χ4v) is 1.46. The van der Waals surface area contributed by atoms with Crippen molar-refractivity contribution in [2.75, 3.05) is 11.9 Å². The van der Waals surface area contributed by atoms with Gasteiger partial charge in [-0.2, -0.15) is 13.2 Å². The number of nitrogens with one attached hydrogen (secondary N) is 1. The zero-order chi connectivity index (χ0) is 16.0. The molecule has 0 aliphatic rings. The topological polar surface area (TPSA) is 64.4 Å². The molecule has 1 aromatic rings. The largest absolute Gasteiger partial charge is 0.484 e. The quantitative estimate of drug-likeness (QED) is 0.849. The summed E-state index contributed by atoms with van der Waals surface area (Å²) in [7, 11) is 0. The molecule has 1 amide bonds. The lowest BCUT2D eigenvalue weighted by atomic mass is 10.0. The van der Waals surface area contributed by atoms with Crippen molar-refractivity contribution in [2.24, 2.45) is 11.7 Å². The van der Waals surface area contributed by atoms with E-state index in [2.05, 4.69) is 10.1 Å². The Hall–Kier alpha value is -1.76. The molecule has 21 heavy (non-hydrogen) atoms. The van der Waals surface area contributed by atoms with Crippen molar-refractivity contribution in [3.63, 3.8) is 0 Å². The van der Waals surface area contributed by atoms with Gasteiger partial charge in [-0.1, -0.05) is 13.8 Å². The number of halogens is 3. The number of carbonyl (C=O) groups is 1. The number of nitrogens with two attached hydrogens (primary N) is 1. The number of amides is 1. The maximum Gasteiger partial charge on any atom is 0.422 e. The molecule has 0 fully saturated rings. The zero-order valence-corrected chi connectivity index (χ0v) is 11.9. The fraction of sp³-hybridized carbons (Fsp3) is 0.500. The van der Waals surface area contributed by atoms with Gasteiger partial charge in [0.05, 0.1) is 0 Å². The van der Waals surface area contributed by atoms with E-state index in [1.54, 1.807) is 0 Å². The molecule has 0 heterocycles. The minimum atomic E-state index is -4.38. The smallest absolute Gasteiger partial charge is 0.422 e. The molecule has 0 aliphatic carbocycles. The molecule has 0 saturated heterocycles. The van der Waals surface area contributed by atoms with Crippen LogP contribution in [-0.2, 0) is 4.79 Å². The highest BCUT2D eigenvalue weighted by molar-refractivity contribution is 5.91. The fourth-order valence-electron chi connectivity index (χ4n) is 1.46. The third-order valence-corrected chi connectivity index (χ3v) is 2.82. The molecule has 0 saturated carbocycles. The summed E-state index contributed by atoms with van der Waals surface area (Å²) < 4.78 is 40.5. The highest BCUT2D eigenvalue weighted by Gasteiger charge is 2.28. The Balaban J connectivity index is 2.49. The van der Waals surface area contributed by atoms with E-state index in [9.17, 15) is 18.0 Å². The molecule has 7 heteroatoms. The first-order valence-electron chi connectivity index (χ1n) is 6.52. The molecule has 1 rings (SSSR count). The second-order valence-corrected chi connectivity index (χ2v) is 5.09. The van der Waals surface area contributed by atoms with Crippen molar-refractivity contribution in [1.82, 2.24) is 0 Å². The van der Waals surface area contributed by atoms with Crippen LogP contribution in [0.15, 0.2) is 24.3 Å². The number of anilines is 1. The molecule has 0 bridgehead atoms. The van der Waals surface area contributed by atoms with Gasteiger partial charge in [-0.05, 0) is 30.2 Å². The molecule has 1 atom stereocenters. The van der Waals surface area contributed by atoms with Crippen LogP contribution in [0.4, 0.5) is 18.9 Å². The van der Waals surface area contributed by atoms with Gasteiger partial charge in [-0.25, -0.2) is 0 Å². The first kappa shape index (κ1) is 17.3. The lowest BCUT2D eigenvalue weighted by Gasteiger charge is -2.15. The Kier molecular flexibility index (Phi) is 6.02. The number of hydrogen-bond acceptors (Lipinski definition) is 3. The predicted molar refractivity (Wildman–Crippen MR) is 74.1 cm³/mol. The molecule has 1 aromatic carbocycles. The first-order valence-corrected chi connectivity index (χ1v) is 6.52. The van der Waals surface area contributed by atoms with Crippen molar-refractivity contribution in [3.05, 3.63) is 24.3 Å². The highest BCUT2D eigenvalue weighted by Crippen LogP contribution is 2.20. The maximum absolute atomic E-state index is 12.0. The normalized spacial score (nSPS) is 13.1. The second-order valence-electron chi connectivity index (χ2n) is 5.09. The Morgan fingerprint density at radius 2 is 1.86 bits per heavy atom. The summed E-state index contributed by atoms with van der Waals surface area (Å²) in [5.74, 6) is 0.0401.